The Morgan fingerprint density at radius 1 is 0.958 bits per heavy atom. The quantitative estimate of drug-likeness (QED) is 0.286. The molecule has 1 rings (SSSR count). The summed E-state index contributed by atoms with van der Waals surface area (Å²) in [5.74, 6) is 0. The van der Waals surface area contributed by atoms with Crippen molar-refractivity contribution in [2.75, 3.05) is 7.11 Å². The lowest BCUT2D eigenvalue weighted by Gasteiger charge is -2.31. The molecule has 0 aromatic carbocycles. The second kappa shape index (κ2) is 13.5. The molecule has 0 aliphatic carbocycles. The fraction of sp³-hybridized carbons (Fsp3) is 0.950. The van der Waals surface area contributed by atoms with Crippen LogP contribution in [0.4, 0.5) is 4.79 Å². The molecule has 142 valence electrons. The van der Waals surface area contributed by atoms with E-state index in [0.717, 1.165) is 19.3 Å². The summed E-state index contributed by atoms with van der Waals surface area (Å²) in [5.41, 5.74) is 0. The highest BCUT2D eigenvalue weighted by molar-refractivity contribution is 5.61. The molecule has 0 unspecified atom stereocenters. The van der Waals surface area contributed by atoms with E-state index >= 15 is 0 Å². The molecule has 0 spiro atoms. The minimum Gasteiger partial charge on any atom is -0.431 e. The highest BCUT2D eigenvalue weighted by Gasteiger charge is 2.33. The topological polar surface area (TPSA) is 44.8 Å². The summed E-state index contributed by atoms with van der Waals surface area (Å²) >= 11 is 0. The lowest BCUT2D eigenvalue weighted by Crippen LogP contribution is -2.40. The van der Waals surface area contributed by atoms with E-state index in [1.807, 2.05) is 6.92 Å². The zero-order chi connectivity index (χ0) is 17.6. The van der Waals surface area contributed by atoms with Crippen LogP contribution in [0.15, 0.2) is 0 Å². The Morgan fingerprint density at radius 3 is 2.04 bits per heavy atom. The zero-order valence-electron chi connectivity index (χ0n) is 16.1. The molecule has 0 amide bonds. The van der Waals surface area contributed by atoms with E-state index in [-0.39, 0.29) is 18.3 Å². The van der Waals surface area contributed by atoms with E-state index in [9.17, 15) is 4.79 Å². The minimum absolute atomic E-state index is 0.00702. The number of rotatable bonds is 14. The Hall–Kier alpha value is -0.770. The van der Waals surface area contributed by atoms with Gasteiger partial charge in [-0.2, -0.15) is 0 Å². The summed E-state index contributed by atoms with van der Waals surface area (Å²) in [6.45, 7) is 4.20. The van der Waals surface area contributed by atoms with Gasteiger partial charge in [-0.15, -0.1) is 0 Å². The Kier molecular flexibility index (Phi) is 12.0. The number of cyclic esters (lactones) is 2. The Bertz CT molecular complexity index is 319. The van der Waals surface area contributed by atoms with E-state index in [4.69, 9.17) is 14.2 Å². The van der Waals surface area contributed by atoms with Gasteiger partial charge in [0, 0.05) is 13.5 Å². The molecule has 0 saturated carbocycles. The van der Waals surface area contributed by atoms with Crippen molar-refractivity contribution >= 4 is 6.16 Å². The van der Waals surface area contributed by atoms with Gasteiger partial charge in [0.05, 0.1) is 6.10 Å². The van der Waals surface area contributed by atoms with Gasteiger partial charge in [-0.05, 0) is 19.8 Å². The molecule has 1 heterocycles. The maximum absolute atomic E-state index is 11.5. The molecule has 3 atom stereocenters. The summed E-state index contributed by atoms with van der Waals surface area (Å²) in [4.78, 5) is 11.5. The highest BCUT2D eigenvalue weighted by atomic mass is 16.7. The molecule has 4 nitrogen and oxygen atoms in total. The molecule has 1 fully saturated rings. The lowest BCUT2D eigenvalue weighted by atomic mass is 10.00. The summed E-state index contributed by atoms with van der Waals surface area (Å²) in [6, 6.07) is 0. The molecule has 4 heteroatoms. The Labute approximate surface area is 148 Å². The van der Waals surface area contributed by atoms with Gasteiger partial charge in [0.2, 0.25) is 0 Å². The number of hydrogen-bond donors (Lipinski definition) is 0. The van der Waals surface area contributed by atoms with Gasteiger partial charge in [-0.3, -0.25) is 0 Å². The monoisotopic (exact) mass is 342 g/mol. The van der Waals surface area contributed by atoms with Gasteiger partial charge >= 0.3 is 6.16 Å². The number of carbonyl (C=O) groups excluding carboxylic acids is 1. The smallest absolute Gasteiger partial charge is 0.431 e. The van der Waals surface area contributed by atoms with Crippen molar-refractivity contribution in [3.8, 4) is 0 Å². The average molecular weight is 343 g/mol. The van der Waals surface area contributed by atoms with Crippen LogP contribution in [0.5, 0.6) is 0 Å². The van der Waals surface area contributed by atoms with Gasteiger partial charge in [0.25, 0.3) is 0 Å². The van der Waals surface area contributed by atoms with E-state index in [1.165, 1.54) is 64.2 Å². The van der Waals surface area contributed by atoms with E-state index < -0.39 is 6.16 Å². The maximum Gasteiger partial charge on any atom is 0.508 e. The van der Waals surface area contributed by atoms with Crippen molar-refractivity contribution in [3.05, 3.63) is 0 Å². The van der Waals surface area contributed by atoms with Crippen molar-refractivity contribution in [1.82, 2.24) is 0 Å². The zero-order valence-corrected chi connectivity index (χ0v) is 16.1. The van der Waals surface area contributed by atoms with Crippen molar-refractivity contribution < 1.29 is 19.0 Å². The van der Waals surface area contributed by atoms with Crippen molar-refractivity contribution in [2.24, 2.45) is 0 Å². The van der Waals surface area contributed by atoms with Crippen LogP contribution in [-0.2, 0) is 14.2 Å². The van der Waals surface area contributed by atoms with Gasteiger partial charge < -0.3 is 14.2 Å². The molecule has 0 bridgehead atoms. The van der Waals surface area contributed by atoms with Crippen molar-refractivity contribution in [1.29, 1.82) is 0 Å². The third-order valence-electron chi connectivity index (χ3n) is 5.03. The first-order valence-electron chi connectivity index (χ1n) is 10.1. The molecule has 0 aromatic heterocycles. The Morgan fingerprint density at radius 2 is 1.50 bits per heavy atom. The lowest BCUT2D eigenvalue weighted by molar-refractivity contribution is -0.104. The molecule has 0 aromatic rings. The summed E-state index contributed by atoms with van der Waals surface area (Å²) in [6.07, 6.45) is 15.6. The van der Waals surface area contributed by atoms with Crippen LogP contribution >= 0.6 is 0 Å². The molecule has 0 N–H and O–H groups in total. The molecular weight excluding hydrogens is 304 g/mol. The number of unbranched alkanes of at least 4 members (excludes halogenated alkanes) is 10. The second-order valence-corrected chi connectivity index (χ2v) is 7.15. The normalized spacial score (nSPS) is 22.0. The van der Waals surface area contributed by atoms with Gasteiger partial charge in [0.15, 0.2) is 0 Å². The average Bonchev–Trinajstić information content (AvgIpc) is 2.58. The van der Waals surface area contributed by atoms with E-state index in [2.05, 4.69) is 6.92 Å². The van der Waals surface area contributed by atoms with Gasteiger partial charge in [-0.25, -0.2) is 4.79 Å². The van der Waals surface area contributed by atoms with Gasteiger partial charge in [-0.1, -0.05) is 71.1 Å². The van der Waals surface area contributed by atoms with Gasteiger partial charge in [0.1, 0.15) is 12.2 Å². The first-order valence-corrected chi connectivity index (χ1v) is 10.1. The molecule has 1 aliphatic rings. The number of ether oxygens (including phenoxy) is 3. The maximum atomic E-state index is 11.5. The number of carbonyl (C=O) groups is 1. The third kappa shape index (κ3) is 9.51. The summed E-state index contributed by atoms with van der Waals surface area (Å²) < 4.78 is 15.7. The summed E-state index contributed by atoms with van der Waals surface area (Å²) in [5, 5.41) is 0. The third-order valence-corrected chi connectivity index (χ3v) is 5.03. The van der Waals surface area contributed by atoms with Crippen LogP contribution in [0.2, 0.25) is 0 Å². The molecule has 1 aliphatic heterocycles. The second-order valence-electron chi connectivity index (χ2n) is 7.15. The SMILES string of the molecule is CCCCCCCCCCCCC[C@H]1C[C@@H]([C@@H](C)OC)OC(=O)O1. The Balaban J connectivity index is 1.97. The van der Waals surface area contributed by atoms with Crippen molar-refractivity contribution in [3.63, 3.8) is 0 Å². The fourth-order valence-corrected chi connectivity index (χ4v) is 3.30. The van der Waals surface area contributed by atoms with E-state index in [0.29, 0.717) is 0 Å². The summed E-state index contributed by atoms with van der Waals surface area (Å²) in [7, 11) is 1.65. The fourth-order valence-electron chi connectivity index (χ4n) is 3.30. The molecular formula is C20H38O4. The van der Waals surface area contributed by atoms with Crippen LogP contribution < -0.4 is 0 Å². The molecule has 0 radical (unpaired) electrons. The standard InChI is InChI=1S/C20H38O4/c1-4-5-6-7-8-9-10-11-12-13-14-15-18-16-19(17(2)22-3)24-20(21)23-18/h17-19H,4-16H2,1-3H3/t17-,18+,19+/m1/s1. The number of methoxy groups -OCH3 is 1. The predicted molar refractivity (Wildman–Crippen MR) is 97.3 cm³/mol. The number of hydrogen-bond acceptors (Lipinski definition) is 4. The molecule has 24 heavy (non-hydrogen) atoms. The van der Waals surface area contributed by atoms with Crippen molar-refractivity contribution in [2.45, 2.75) is 116 Å². The van der Waals surface area contributed by atoms with Crippen LogP contribution in [0, 0.1) is 0 Å². The van der Waals surface area contributed by atoms with Crippen LogP contribution in [-0.4, -0.2) is 31.6 Å². The van der Waals surface area contributed by atoms with Crippen LogP contribution in [0.25, 0.3) is 0 Å². The highest BCUT2D eigenvalue weighted by Crippen LogP contribution is 2.23. The van der Waals surface area contributed by atoms with Crippen LogP contribution in [0.1, 0.15) is 97.3 Å². The first kappa shape index (κ1) is 21.3. The minimum atomic E-state index is -0.539. The molecule has 1 saturated heterocycles. The predicted octanol–water partition coefficient (Wildman–Crippen LogP) is 6.02. The van der Waals surface area contributed by atoms with E-state index in [1.54, 1.807) is 7.11 Å². The largest absolute Gasteiger partial charge is 0.508 e. The first-order chi connectivity index (χ1) is 11.7. The van der Waals surface area contributed by atoms with Crippen LogP contribution in [0.3, 0.4) is 0 Å².